The first-order valence-electron chi connectivity index (χ1n) is 3.69. The second kappa shape index (κ2) is 5.41. The lowest BCUT2D eigenvalue weighted by molar-refractivity contribution is 0.625. The van der Waals surface area contributed by atoms with Crippen LogP contribution in [0.2, 0.25) is 0 Å². The lowest BCUT2D eigenvalue weighted by Crippen LogP contribution is -2.12. The van der Waals surface area contributed by atoms with Crippen LogP contribution in [0, 0.1) is 0 Å². The Balaban J connectivity index is 0.000000605. The Morgan fingerprint density at radius 1 is 1.42 bits per heavy atom. The minimum Gasteiger partial charge on any atom is -0.309 e. The number of H-pyrrole nitrogens is 1. The van der Waals surface area contributed by atoms with Gasteiger partial charge in [-0.15, -0.1) is 24.8 Å². The van der Waals surface area contributed by atoms with Gasteiger partial charge in [0.15, 0.2) is 0 Å². The highest BCUT2D eigenvalue weighted by atomic mass is 35.5. The zero-order chi connectivity index (χ0) is 6.81. The van der Waals surface area contributed by atoms with Crippen molar-refractivity contribution in [3.63, 3.8) is 0 Å². The maximum Gasteiger partial charge on any atom is 0.0521 e. The van der Waals surface area contributed by atoms with Crippen molar-refractivity contribution in [1.29, 1.82) is 0 Å². The standard InChI is InChI=1S/C7H11N3.2ClH/c1-2-6(8-4-1)7-3-5-9-10-7;;/h3,5-6,8H,1-2,4H2,(H,9,10);2*1H/t6-;;/m0../s1. The second-order valence-electron chi connectivity index (χ2n) is 2.66. The van der Waals surface area contributed by atoms with E-state index in [0.29, 0.717) is 6.04 Å². The third-order valence-electron chi connectivity index (χ3n) is 1.96. The van der Waals surface area contributed by atoms with Gasteiger partial charge in [-0.05, 0) is 25.5 Å². The molecule has 2 heterocycles. The highest BCUT2D eigenvalue weighted by molar-refractivity contribution is 5.85. The first kappa shape index (κ1) is 11.8. The smallest absolute Gasteiger partial charge is 0.0521 e. The third-order valence-corrected chi connectivity index (χ3v) is 1.96. The highest BCUT2D eigenvalue weighted by Crippen LogP contribution is 2.19. The van der Waals surface area contributed by atoms with Gasteiger partial charge in [0.2, 0.25) is 0 Å². The van der Waals surface area contributed by atoms with Gasteiger partial charge in [-0.3, -0.25) is 5.10 Å². The number of aromatic nitrogens is 2. The molecule has 0 amide bonds. The molecule has 1 aliphatic rings. The molecule has 0 saturated carbocycles. The summed E-state index contributed by atoms with van der Waals surface area (Å²) in [6, 6.07) is 2.56. The zero-order valence-corrected chi connectivity index (χ0v) is 8.25. The number of hydrogen-bond acceptors (Lipinski definition) is 2. The molecule has 1 fully saturated rings. The van der Waals surface area contributed by atoms with E-state index in [1.807, 2.05) is 6.07 Å². The topological polar surface area (TPSA) is 40.7 Å². The minimum absolute atomic E-state index is 0. The summed E-state index contributed by atoms with van der Waals surface area (Å²) in [7, 11) is 0. The fourth-order valence-electron chi connectivity index (χ4n) is 1.41. The van der Waals surface area contributed by atoms with Crippen LogP contribution in [0.3, 0.4) is 0 Å². The summed E-state index contributed by atoms with van der Waals surface area (Å²) in [4.78, 5) is 0. The summed E-state index contributed by atoms with van der Waals surface area (Å²) in [6.07, 6.45) is 4.32. The Kier molecular flexibility index (Phi) is 5.29. The zero-order valence-electron chi connectivity index (χ0n) is 6.62. The van der Waals surface area contributed by atoms with Crippen molar-refractivity contribution >= 4 is 24.8 Å². The molecule has 1 saturated heterocycles. The number of nitrogens with one attached hydrogen (secondary N) is 2. The maximum atomic E-state index is 3.90. The lowest BCUT2D eigenvalue weighted by atomic mass is 10.2. The molecule has 1 atom stereocenters. The molecule has 12 heavy (non-hydrogen) atoms. The molecule has 2 N–H and O–H groups in total. The Morgan fingerprint density at radius 2 is 2.25 bits per heavy atom. The van der Waals surface area contributed by atoms with Gasteiger partial charge in [-0.1, -0.05) is 0 Å². The van der Waals surface area contributed by atoms with Crippen LogP contribution >= 0.6 is 24.8 Å². The van der Waals surface area contributed by atoms with Gasteiger partial charge in [-0.2, -0.15) is 5.10 Å². The van der Waals surface area contributed by atoms with Crippen LogP contribution in [0.5, 0.6) is 0 Å². The fourth-order valence-corrected chi connectivity index (χ4v) is 1.41. The molecular formula is C7H13Cl2N3. The molecule has 5 heteroatoms. The quantitative estimate of drug-likeness (QED) is 0.740. The van der Waals surface area contributed by atoms with Crippen LogP contribution in [0.4, 0.5) is 0 Å². The fraction of sp³-hybridized carbons (Fsp3) is 0.571. The van der Waals surface area contributed by atoms with Gasteiger partial charge < -0.3 is 5.32 Å². The van der Waals surface area contributed by atoms with E-state index in [2.05, 4.69) is 15.5 Å². The van der Waals surface area contributed by atoms with Crippen LogP contribution in [-0.2, 0) is 0 Å². The Morgan fingerprint density at radius 3 is 2.75 bits per heavy atom. The van der Waals surface area contributed by atoms with Gasteiger partial charge in [0.1, 0.15) is 0 Å². The minimum atomic E-state index is 0. The van der Waals surface area contributed by atoms with Crippen molar-refractivity contribution in [1.82, 2.24) is 15.5 Å². The van der Waals surface area contributed by atoms with Gasteiger partial charge in [0.25, 0.3) is 0 Å². The van der Waals surface area contributed by atoms with E-state index < -0.39 is 0 Å². The summed E-state index contributed by atoms with van der Waals surface area (Å²) >= 11 is 0. The molecule has 1 aliphatic heterocycles. The summed E-state index contributed by atoms with van der Waals surface area (Å²) < 4.78 is 0. The van der Waals surface area contributed by atoms with Crippen molar-refractivity contribution in [2.45, 2.75) is 18.9 Å². The van der Waals surface area contributed by atoms with Crippen LogP contribution in [0.1, 0.15) is 24.6 Å². The third kappa shape index (κ3) is 2.37. The van der Waals surface area contributed by atoms with Crippen molar-refractivity contribution in [2.75, 3.05) is 6.54 Å². The van der Waals surface area contributed by atoms with Gasteiger partial charge in [-0.25, -0.2) is 0 Å². The predicted octanol–water partition coefficient (Wildman–Crippen LogP) is 1.68. The average Bonchev–Trinajstić information content (AvgIpc) is 2.59. The number of halogens is 2. The van der Waals surface area contributed by atoms with Crippen LogP contribution < -0.4 is 5.32 Å². The summed E-state index contributed by atoms with van der Waals surface area (Å²) in [6.45, 7) is 1.14. The molecule has 0 spiro atoms. The molecule has 70 valence electrons. The van der Waals surface area contributed by atoms with Crippen LogP contribution in [0.25, 0.3) is 0 Å². The molecule has 0 bridgehead atoms. The number of aromatic amines is 1. The molecule has 1 aromatic heterocycles. The SMILES string of the molecule is Cl.Cl.c1cc([C@@H]2CCCN2)[nH]n1. The van der Waals surface area contributed by atoms with Crippen molar-refractivity contribution in [2.24, 2.45) is 0 Å². The number of hydrogen-bond donors (Lipinski definition) is 2. The average molecular weight is 210 g/mol. The summed E-state index contributed by atoms with van der Waals surface area (Å²) in [5, 5.41) is 10.3. The van der Waals surface area contributed by atoms with E-state index in [-0.39, 0.29) is 24.8 Å². The van der Waals surface area contributed by atoms with E-state index >= 15 is 0 Å². The monoisotopic (exact) mass is 209 g/mol. The number of nitrogens with zero attached hydrogens (tertiary/aromatic N) is 1. The largest absolute Gasteiger partial charge is 0.309 e. The molecular weight excluding hydrogens is 197 g/mol. The van der Waals surface area contributed by atoms with E-state index in [1.165, 1.54) is 18.5 Å². The maximum absolute atomic E-state index is 3.90. The summed E-state index contributed by atoms with van der Waals surface area (Å²) in [5.74, 6) is 0. The van der Waals surface area contributed by atoms with Gasteiger partial charge >= 0.3 is 0 Å². The molecule has 1 aromatic rings. The number of rotatable bonds is 1. The van der Waals surface area contributed by atoms with E-state index in [4.69, 9.17) is 0 Å². The van der Waals surface area contributed by atoms with E-state index in [1.54, 1.807) is 6.20 Å². The van der Waals surface area contributed by atoms with E-state index in [0.717, 1.165) is 6.54 Å². The molecule has 0 unspecified atom stereocenters. The van der Waals surface area contributed by atoms with Crippen molar-refractivity contribution in [3.05, 3.63) is 18.0 Å². The molecule has 0 aliphatic carbocycles. The van der Waals surface area contributed by atoms with Gasteiger partial charge in [0.05, 0.1) is 5.69 Å². The van der Waals surface area contributed by atoms with Crippen LogP contribution in [-0.4, -0.2) is 16.7 Å². The van der Waals surface area contributed by atoms with Crippen LogP contribution in [0.15, 0.2) is 12.3 Å². The Bertz CT molecular complexity index is 194. The molecule has 0 aromatic carbocycles. The highest BCUT2D eigenvalue weighted by Gasteiger charge is 2.16. The Labute approximate surface area is 84.1 Å². The normalized spacial score (nSPS) is 21.2. The first-order chi connectivity index (χ1) is 4.97. The summed E-state index contributed by atoms with van der Waals surface area (Å²) in [5.41, 5.74) is 1.22. The van der Waals surface area contributed by atoms with Crippen molar-refractivity contribution < 1.29 is 0 Å². The molecule has 2 rings (SSSR count). The Hall–Kier alpha value is -0.250. The lowest BCUT2D eigenvalue weighted by Gasteiger charge is -2.04. The van der Waals surface area contributed by atoms with Gasteiger partial charge in [0, 0.05) is 12.2 Å². The second-order valence-corrected chi connectivity index (χ2v) is 2.66. The predicted molar refractivity (Wildman–Crippen MR) is 53.1 cm³/mol. The first-order valence-corrected chi connectivity index (χ1v) is 3.69. The van der Waals surface area contributed by atoms with Crippen molar-refractivity contribution in [3.8, 4) is 0 Å². The molecule has 3 nitrogen and oxygen atoms in total. The molecule has 0 radical (unpaired) electrons. The van der Waals surface area contributed by atoms with E-state index in [9.17, 15) is 0 Å².